The second-order valence-electron chi connectivity index (χ2n) is 4.67. The number of hydrogen-bond acceptors (Lipinski definition) is 5. The van der Waals surface area contributed by atoms with E-state index in [1.54, 1.807) is 6.07 Å². The zero-order valence-electron chi connectivity index (χ0n) is 11.9. The summed E-state index contributed by atoms with van der Waals surface area (Å²) < 4.78 is 30.2. The molecule has 0 aliphatic rings. The molecule has 0 radical (unpaired) electrons. The van der Waals surface area contributed by atoms with Gasteiger partial charge in [-0.1, -0.05) is 0 Å². The summed E-state index contributed by atoms with van der Waals surface area (Å²) in [5.74, 6) is 0.547. The van der Waals surface area contributed by atoms with Gasteiger partial charge >= 0.3 is 0 Å². The normalized spacial score (nSPS) is 12.1. The molecule has 0 bridgehead atoms. The molecule has 2 N–H and O–H groups in total. The van der Waals surface area contributed by atoms with Gasteiger partial charge in [0.25, 0.3) is 10.0 Å². The number of anilines is 1. The molecule has 0 saturated heterocycles. The summed E-state index contributed by atoms with van der Waals surface area (Å²) >= 11 is 0. The summed E-state index contributed by atoms with van der Waals surface area (Å²) in [7, 11) is -0.592. The van der Waals surface area contributed by atoms with Crippen molar-refractivity contribution in [1.29, 1.82) is 0 Å². The summed E-state index contributed by atoms with van der Waals surface area (Å²) in [4.78, 5) is 0. The van der Waals surface area contributed by atoms with E-state index in [4.69, 9.17) is 4.42 Å². The van der Waals surface area contributed by atoms with Crippen molar-refractivity contribution in [2.45, 2.75) is 25.5 Å². The Labute approximate surface area is 118 Å². The first kappa shape index (κ1) is 14.6. The lowest BCUT2D eigenvalue weighted by atomic mass is 10.3. The average Bonchev–Trinajstić information content (AvgIpc) is 2.96. The molecule has 7 nitrogen and oxygen atoms in total. The maximum Gasteiger partial charge on any atom is 0.275 e. The maximum absolute atomic E-state index is 11.9. The molecular weight excluding hydrogens is 280 g/mol. The summed E-state index contributed by atoms with van der Waals surface area (Å²) in [6.07, 6.45) is 0. The van der Waals surface area contributed by atoms with Crippen LogP contribution >= 0.6 is 0 Å². The minimum Gasteiger partial charge on any atom is -0.446 e. The number of nitrogens with zero attached hydrogens (tertiary/aromatic N) is 2. The number of sulfonamides is 1. The highest BCUT2D eigenvalue weighted by Crippen LogP contribution is 2.20. The first-order chi connectivity index (χ1) is 9.32. The standard InChI is InChI=1S/C12H18N4O3S/c1-8-12(9(2)15-14-8)13-7-10-5-6-11(19-10)20(17,18)16(3)4/h5-6,13H,7H2,1-4H3,(H,14,15). The lowest BCUT2D eigenvalue weighted by Crippen LogP contribution is -2.21. The minimum absolute atomic E-state index is 0.0556. The largest absolute Gasteiger partial charge is 0.446 e. The predicted molar refractivity (Wildman–Crippen MR) is 75.0 cm³/mol. The van der Waals surface area contributed by atoms with Crippen LogP contribution in [0, 0.1) is 13.8 Å². The van der Waals surface area contributed by atoms with Gasteiger partial charge in [-0.05, 0) is 26.0 Å². The van der Waals surface area contributed by atoms with E-state index in [2.05, 4.69) is 15.5 Å². The lowest BCUT2D eigenvalue weighted by Gasteiger charge is -2.08. The van der Waals surface area contributed by atoms with E-state index in [1.807, 2.05) is 13.8 Å². The highest BCUT2D eigenvalue weighted by atomic mass is 32.2. The van der Waals surface area contributed by atoms with Crippen molar-refractivity contribution in [3.05, 3.63) is 29.3 Å². The predicted octanol–water partition coefficient (Wildman–Crippen LogP) is 1.48. The summed E-state index contributed by atoms with van der Waals surface area (Å²) in [5.41, 5.74) is 2.68. The molecule has 0 atom stereocenters. The van der Waals surface area contributed by atoms with Crippen molar-refractivity contribution in [3.63, 3.8) is 0 Å². The fourth-order valence-electron chi connectivity index (χ4n) is 1.76. The molecule has 110 valence electrons. The van der Waals surface area contributed by atoms with Gasteiger partial charge in [-0.2, -0.15) is 5.10 Å². The van der Waals surface area contributed by atoms with E-state index in [-0.39, 0.29) is 5.09 Å². The van der Waals surface area contributed by atoms with Crippen LogP contribution in [-0.2, 0) is 16.6 Å². The third-order valence-corrected chi connectivity index (χ3v) is 4.63. The van der Waals surface area contributed by atoms with Crippen molar-refractivity contribution in [3.8, 4) is 0 Å². The highest BCUT2D eigenvalue weighted by molar-refractivity contribution is 7.88. The van der Waals surface area contributed by atoms with Gasteiger partial charge in [0.05, 0.1) is 23.6 Å². The van der Waals surface area contributed by atoms with E-state index < -0.39 is 10.0 Å². The van der Waals surface area contributed by atoms with E-state index in [1.165, 1.54) is 20.2 Å². The van der Waals surface area contributed by atoms with E-state index in [0.29, 0.717) is 12.3 Å². The number of rotatable bonds is 5. The molecule has 0 saturated carbocycles. The first-order valence-corrected chi connectivity index (χ1v) is 7.53. The first-order valence-electron chi connectivity index (χ1n) is 6.09. The monoisotopic (exact) mass is 298 g/mol. The SMILES string of the molecule is Cc1n[nH]c(C)c1NCc1ccc(S(=O)(=O)N(C)C)o1. The van der Waals surface area contributed by atoms with Crippen LogP contribution in [0.15, 0.2) is 21.6 Å². The van der Waals surface area contributed by atoms with Gasteiger partial charge in [-0.15, -0.1) is 0 Å². The van der Waals surface area contributed by atoms with Gasteiger partial charge in [-0.3, -0.25) is 5.10 Å². The Kier molecular flexibility index (Phi) is 3.87. The van der Waals surface area contributed by atoms with Crippen molar-refractivity contribution in [2.24, 2.45) is 0 Å². The summed E-state index contributed by atoms with van der Waals surface area (Å²) in [5, 5.41) is 10.1. The summed E-state index contributed by atoms with van der Waals surface area (Å²) in [6.45, 7) is 4.19. The third kappa shape index (κ3) is 2.70. The molecule has 2 aromatic heterocycles. The number of aromatic amines is 1. The number of hydrogen-bond donors (Lipinski definition) is 2. The Morgan fingerprint density at radius 3 is 2.60 bits per heavy atom. The topological polar surface area (TPSA) is 91.2 Å². The number of aryl methyl sites for hydroxylation is 2. The van der Waals surface area contributed by atoms with Crippen LogP contribution in [0.1, 0.15) is 17.1 Å². The molecule has 0 fully saturated rings. The van der Waals surface area contributed by atoms with Gasteiger partial charge in [0.15, 0.2) is 0 Å². The Balaban J connectivity index is 2.12. The second-order valence-corrected chi connectivity index (χ2v) is 6.75. The summed E-state index contributed by atoms with van der Waals surface area (Å²) in [6, 6.07) is 3.11. The van der Waals surface area contributed by atoms with Crippen molar-refractivity contribution >= 4 is 15.7 Å². The molecule has 2 rings (SSSR count). The molecule has 0 aliphatic carbocycles. The van der Waals surface area contributed by atoms with Gasteiger partial charge in [0, 0.05) is 14.1 Å². The zero-order chi connectivity index (χ0) is 14.9. The molecule has 0 aromatic carbocycles. The Hall–Kier alpha value is -1.80. The molecule has 0 spiro atoms. The fraction of sp³-hybridized carbons (Fsp3) is 0.417. The van der Waals surface area contributed by atoms with Crippen molar-refractivity contribution in [2.75, 3.05) is 19.4 Å². The van der Waals surface area contributed by atoms with E-state index in [0.717, 1.165) is 21.4 Å². The number of aromatic nitrogens is 2. The minimum atomic E-state index is -3.52. The average molecular weight is 298 g/mol. The molecule has 0 aliphatic heterocycles. The quantitative estimate of drug-likeness (QED) is 0.872. The van der Waals surface area contributed by atoms with Crippen LogP contribution in [0.3, 0.4) is 0 Å². The molecule has 8 heteroatoms. The molecule has 0 unspecified atom stereocenters. The van der Waals surface area contributed by atoms with Gasteiger partial charge in [0.2, 0.25) is 5.09 Å². The van der Waals surface area contributed by atoms with Crippen LogP contribution in [0.2, 0.25) is 0 Å². The Bertz CT molecular complexity index is 681. The second kappa shape index (κ2) is 5.29. The van der Waals surface area contributed by atoms with Crippen LogP contribution in [0.25, 0.3) is 0 Å². The fourth-order valence-corrected chi connectivity index (χ4v) is 2.57. The maximum atomic E-state index is 11.9. The lowest BCUT2D eigenvalue weighted by molar-refractivity contribution is 0.402. The Morgan fingerprint density at radius 2 is 2.05 bits per heavy atom. The van der Waals surface area contributed by atoms with Crippen LogP contribution in [0.5, 0.6) is 0 Å². The van der Waals surface area contributed by atoms with Crippen LogP contribution < -0.4 is 5.32 Å². The number of H-pyrrole nitrogens is 1. The van der Waals surface area contributed by atoms with E-state index >= 15 is 0 Å². The van der Waals surface area contributed by atoms with Gasteiger partial charge < -0.3 is 9.73 Å². The van der Waals surface area contributed by atoms with E-state index in [9.17, 15) is 8.42 Å². The molecule has 0 amide bonds. The highest BCUT2D eigenvalue weighted by Gasteiger charge is 2.21. The number of furan rings is 1. The van der Waals surface area contributed by atoms with Gasteiger partial charge in [0.1, 0.15) is 5.76 Å². The van der Waals surface area contributed by atoms with Gasteiger partial charge in [-0.25, -0.2) is 12.7 Å². The zero-order valence-corrected chi connectivity index (χ0v) is 12.7. The molecule has 20 heavy (non-hydrogen) atoms. The van der Waals surface area contributed by atoms with Crippen molar-refractivity contribution in [1.82, 2.24) is 14.5 Å². The number of nitrogens with one attached hydrogen (secondary N) is 2. The van der Waals surface area contributed by atoms with Crippen LogP contribution in [0.4, 0.5) is 5.69 Å². The smallest absolute Gasteiger partial charge is 0.275 e. The van der Waals surface area contributed by atoms with Crippen LogP contribution in [-0.4, -0.2) is 37.0 Å². The Morgan fingerprint density at radius 1 is 1.35 bits per heavy atom. The molecule has 2 aromatic rings. The molecular formula is C12H18N4O3S. The molecule has 2 heterocycles. The third-order valence-electron chi connectivity index (χ3n) is 2.94. The van der Waals surface area contributed by atoms with Crippen molar-refractivity contribution < 1.29 is 12.8 Å².